The van der Waals surface area contributed by atoms with Crippen LogP contribution in [0.25, 0.3) is 0 Å². The average Bonchev–Trinajstić information content (AvgIpc) is 2.36. The number of hydrogen-bond donors (Lipinski definition) is 0. The third-order valence-electron chi connectivity index (χ3n) is 4.43. The number of allylic oxidation sites excluding steroid dienone is 1. The van der Waals surface area contributed by atoms with Gasteiger partial charge in [0.15, 0.2) is 5.78 Å². The molecule has 2 fully saturated rings. The summed E-state index contributed by atoms with van der Waals surface area (Å²) in [5.74, 6) is -0.219. The van der Waals surface area contributed by atoms with Crippen LogP contribution >= 0.6 is 0 Å². The summed E-state index contributed by atoms with van der Waals surface area (Å²) < 4.78 is 5.56. The first-order chi connectivity index (χ1) is 8.45. The van der Waals surface area contributed by atoms with E-state index in [1.54, 1.807) is 0 Å². The Morgan fingerprint density at radius 2 is 1.78 bits per heavy atom. The minimum Gasteiger partial charge on any atom is -0.456 e. The first kappa shape index (κ1) is 13.3. The van der Waals surface area contributed by atoms with Crippen LogP contribution in [0.4, 0.5) is 0 Å². The Morgan fingerprint density at radius 3 is 2.33 bits per heavy atom. The molecule has 1 atom stereocenters. The zero-order valence-electron chi connectivity index (χ0n) is 11.5. The molecule has 3 heteroatoms. The Kier molecular flexibility index (Phi) is 3.35. The van der Waals surface area contributed by atoms with E-state index in [4.69, 9.17) is 4.74 Å². The number of rotatable bonds is 1. The molecule has 1 aliphatic carbocycles. The molecule has 100 valence electrons. The van der Waals surface area contributed by atoms with Crippen LogP contribution in [0.5, 0.6) is 0 Å². The summed E-state index contributed by atoms with van der Waals surface area (Å²) in [7, 11) is 0. The average molecular weight is 250 g/mol. The molecule has 0 N–H and O–H groups in total. The summed E-state index contributed by atoms with van der Waals surface area (Å²) in [5.41, 5.74) is -1.46. The molecule has 1 unspecified atom stereocenters. The molecule has 0 aromatic rings. The van der Waals surface area contributed by atoms with Gasteiger partial charge >= 0.3 is 5.97 Å². The Morgan fingerprint density at radius 1 is 1.17 bits per heavy atom. The quantitative estimate of drug-likeness (QED) is 0.408. The van der Waals surface area contributed by atoms with Gasteiger partial charge < -0.3 is 4.74 Å². The molecular weight excluding hydrogens is 228 g/mol. The predicted octanol–water partition coefficient (Wildman–Crippen LogP) is 3.03. The molecular formula is C15H22O3. The van der Waals surface area contributed by atoms with E-state index in [9.17, 15) is 9.59 Å². The minimum absolute atomic E-state index is 0.0778. The second-order valence-electron chi connectivity index (χ2n) is 6.05. The summed E-state index contributed by atoms with van der Waals surface area (Å²) >= 11 is 0. The molecule has 3 nitrogen and oxygen atoms in total. The Hall–Kier alpha value is -1.12. The molecule has 0 radical (unpaired) electrons. The monoisotopic (exact) mass is 250 g/mol. The first-order valence-corrected chi connectivity index (χ1v) is 6.84. The van der Waals surface area contributed by atoms with Crippen LogP contribution in [0.15, 0.2) is 12.2 Å². The fourth-order valence-electron chi connectivity index (χ4n) is 3.26. The molecule has 0 aromatic heterocycles. The van der Waals surface area contributed by atoms with E-state index < -0.39 is 16.9 Å². The summed E-state index contributed by atoms with van der Waals surface area (Å²) in [6, 6.07) is 0. The highest BCUT2D eigenvalue weighted by atomic mass is 16.5. The minimum atomic E-state index is -0.847. The van der Waals surface area contributed by atoms with Crippen LogP contribution in [-0.4, -0.2) is 17.9 Å². The molecule has 0 amide bonds. The van der Waals surface area contributed by atoms with Crippen molar-refractivity contribution in [1.82, 2.24) is 0 Å². The molecule has 0 aromatic carbocycles. The number of carbonyl (C=O) groups excluding carboxylic acids is 2. The molecule has 18 heavy (non-hydrogen) atoms. The highest BCUT2D eigenvalue weighted by Crippen LogP contribution is 2.48. The van der Waals surface area contributed by atoms with E-state index in [0.717, 1.165) is 19.3 Å². The third-order valence-corrected chi connectivity index (χ3v) is 4.43. The van der Waals surface area contributed by atoms with Crippen molar-refractivity contribution in [2.75, 3.05) is 0 Å². The number of Topliss-reactive ketones (excluding diaryl/α,β-unsaturated/α-hetero) is 1. The molecule has 2 rings (SSSR count). The lowest BCUT2D eigenvalue weighted by Gasteiger charge is -2.46. The van der Waals surface area contributed by atoms with Crippen LogP contribution in [0.2, 0.25) is 0 Å². The molecule has 1 saturated heterocycles. The number of cyclic esters (lactones) is 1. The topological polar surface area (TPSA) is 43.4 Å². The molecule has 2 aliphatic rings. The van der Waals surface area contributed by atoms with Crippen LogP contribution in [0.1, 0.15) is 52.9 Å². The lowest BCUT2D eigenvalue weighted by Crippen LogP contribution is -2.58. The Balaban J connectivity index is 2.36. The SMILES string of the molecule is C/C=C/C1OC(=O)C2(CCCCC2)C(=O)C1(C)C. The van der Waals surface area contributed by atoms with Gasteiger partial charge in [0, 0.05) is 0 Å². The van der Waals surface area contributed by atoms with Gasteiger partial charge in [-0.25, -0.2) is 0 Å². The van der Waals surface area contributed by atoms with Crippen molar-refractivity contribution in [1.29, 1.82) is 0 Å². The fraction of sp³-hybridized carbons (Fsp3) is 0.733. The van der Waals surface area contributed by atoms with Gasteiger partial charge in [-0.1, -0.05) is 25.3 Å². The number of esters is 1. The predicted molar refractivity (Wildman–Crippen MR) is 69.0 cm³/mol. The van der Waals surface area contributed by atoms with Gasteiger partial charge in [0.1, 0.15) is 11.5 Å². The van der Waals surface area contributed by atoms with Crippen molar-refractivity contribution in [3.63, 3.8) is 0 Å². The summed E-state index contributed by atoms with van der Waals surface area (Å²) in [6.07, 6.45) is 7.57. The maximum Gasteiger partial charge on any atom is 0.320 e. The van der Waals surface area contributed by atoms with Crippen molar-refractivity contribution in [2.24, 2.45) is 10.8 Å². The molecule has 1 spiro atoms. The smallest absolute Gasteiger partial charge is 0.320 e. The van der Waals surface area contributed by atoms with Gasteiger partial charge in [-0.15, -0.1) is 0 Å². The zero-order valence-corrected chi connectivity index (χ0v) is 11.5. The molecule has 0 bridgehead atoms. The van der Waals surface area contributed by atoms with E-state index in [-0.39, 0.29) is 11.8 Å². The van der Waals surface area contributed by atoms with E-state index in [1.165, 1.54) is 0 Å². The van der Waals surface area contributed by atoms with Crippen LogP contribution in [0, 0.1) is 10.8 Å². The van der Waals surface area contributed by atoms with E-state index in [1.807, 2.05) is 32.9 Å². The molecule has 1 saturated carbocycles. The second-order valence-corrected chi connectivity index (χ2v) is 6.05. The highest BCUT2D eigenvalue weighted by molar-refractivity contribution is 6.08. The van der Waals surface area contributed by atoms with Crippen molar-refractivity contribution in [3.8, 4) is 0 Å². The number of ketones is 1. The highest BCUT2D eigenvalue weighted by Gasteiger charge is 2.59. The van der Waals surface area contributed by atoms with Crippen LogP contribution in [0.3, 0.4) is 0 Å². The standard InChI is InChI=1S/C15H22O3/c1-4-8-11-14(2,3)12(16)15(13(17)18-11)9-6-5-7-10-15/h4,8,11H,5-7,9-10H2,1-3H3/b8-4+. The Labute approximate surface area is 109 Å². The van der Waals surface area contributed by atoms with Gasteiger partial charge in [0.25, 0.3) is 0 Å². The third kappa shape index (κ3) is 1.80. The number of ether oxygens (including phenoxy) is 1. The summed E-state index contributed by atoms with van der Waals surface area (Å²) in [4.78, 5) is 25.1. The van der Waals surface area contributed by atoms with Crippen molar-refractivity contribution in [3.05, 3.63) is 12.2 Å². The zero-order chi connectivity index (χ0) is 13.4. The van der Waals surface area contributed by atoms with Gasteiger partial charge in [0.2, 0.25) is 0 Å². The van der Waals surface area contributed by atoms with E-state index in [2.05, 4.69) is 0 Å². The van der Waals surface area contributed by atoms with Crippen LogP contribution < -0.4 is 0 Å². The van der Waals surface area contributed by atoms with Crippen LogP contribution in [-0.2, 0) is 14.3 Å². The lowest BCUT2D eigenvalue weighted by atomic mass is 9.61. The lowest BCUT2D eigenvalue weighted by molar-refractivity contribution is -0.186. The van der Waals surface area contributed by atoms with Crippen molar-refractivity contribution < 1.29 is 14.3 Å². The second kappa shape index (κ2) is 4.52. The van der Waals surface area contributed by atoms with E-state index in [0.29, 0.717) is 12.8 Å². The molecule has 1 aliphatic heterocycles. The van der Waals surface area contributed by atoms with Gasteiger partial charge in [-0.2, -0.15) is 0 Å². The normalized spacial score (nSPS) is 30.7. The largest absolute Gasteiger partial charge is 0.456 e. The number of carbonyl (C=O) groups is 2. The maximum atomic E-state index is 12.8. The van der Waals surface area contributed by atoms with Crippen molar-refractivity contribution >= 4 is 11.8 Å². The summed E-state index contributed by atoms with van der Waals surface area (Å²) in [5, 5.41) is 0. The fourth-order valence-corrected chi connectivity index (χ4v) is 3.26. The number of hydrogen-bond acceptors (Lipinski definition) is 3. The Bertz CT molecular complexity index is 387. The van der Waals surface area contributed by atoms with Gasteiger partial charge in [-0.3, -0.25) is 9.59 Å². The van der Waals surface area contributed by atoms with Crippen molar-refractivity contribution in [2.45, 2.75) is 59.0 Å². The molecule has 1 heterocycles. The van der Waals surface area contributed by atoms with Gasteiger partial charge in [-0.05, 0) is 39.7 Å². The summed E-state index contributed by atoms with van der Waals surface area (Å²) in [6.45, 7) is 5.66. The maximum absolute atomic E-state index is 12.8. The van der Waals surface area contributed by atoms with E-state index >= 15 is 0 Å². The first-order valence-electron chi connectivity index (χ1n) is 6.84. The van der Waals surface area contributed by atoms with Gasteiger partial charge in [0.05, 0.1) is 5.41 Å².